The maximum atomic E-state index is 12.0. The van der Waals surface area contributed by atoms with Gasteiger partial charge in [0.1, 0.15) is 5.82 Å². The molecular weight excluding hydrogens is 268 g/mol. The molecule has 2 rings (SSSR count). The van der Waals surface area contributed by atoms with Crippen molar-refractivity contribution in [2.24, 2.45) is 0 Å². The molecule has 1 aromatic rings. The number of nitrogens with two attached hydrogens (primary N) is 1. The fourth-order valence-electron chi connectivity index (χ4n) is 1.68. The van der Waals surface area contributed by atoms with Crippen LogP contribution in [0.15, 0.2) is 6.20 Å². The number of anilines is 1. The van der Waals surface area contributed by atoms with Crippen molar-refractivity contribution < 1.29 is 9.53 Å². The van der Waals surface area contributed by atoms with Gasteiger partial charge in [-0.25, -0.2) is 9.97 Å². The van der Waals surface area contributed by atoms with Crippen LogP contribution in [0.5, 0.6) is 0 Å². The van der Waals surface area contributed by atoms with Crippen LogP contribution in [0.2, 0.25) is 0 Å². The van der Waals surface area contributed by atoms with E-state index in [9.17, 15) is 4.79 Å². The van der Waals surface area contributed by atoms with Gasteiger partial charge in [-0.15, -0.1) is 0 Å². The number of rotatable bonds is 3. The topological polar surface area (TPSA) is 90.1 Å². The first-order chi connectivity index (χ1) is 10.2. The van der Waals surface area contributed by atoms with Crippen molar-refractivity contribution in [3.63, 3.8) is 0 Å². The van der Waals surface area contributed by atoms with Gasteiger partial charge in [-0.1, -0.05) is 34.6 Å². The summed E-state index contributed by atoms with van der Waals surface area (Å²) in [6, 6.07) is 0.0574. The zero-order valence-corrected chi connectivity index (χ0v) is 13.8. The van der Waals surface area contributed by atoms with Crippen molar-refractivity contribution in [3.8, 4) is 0 Å². The molecule has 1 aliphatic rings. The summed E-state index contributed by atoms with van der Waals surface area (Å²) in [7, 11) is 0. The molecule has 1 amide bonds. The van der Waals surface area contributed by atoms with Crippen LogP contribution in [0.4, 0.5) is 5.69 Å². The van der Waals surface area contributed by atoms with E-state index in [0.717, 1.165) is 6.42 Å². The molecule has 3 N–H and O–H groups in total. The molecule has 1 saturated heterocycles. The van der Waals surface area contributed by atoms with Gasteiger partial charge >= 0.3 is 0 Å². The number of aromatic nitrogens is 2. The van der Waals surface area contributed by atoms with Crippen molar-refractivity contribution in [1.29, 1.82) is 0 Å². The minimum absolute atomic E-state index is 0.0574. The molecule has 120 valence electrons. The number of nitrogens with one attached hydrogen (secondary N) is 1. The van der Waals surface area contributed by atoms with Crippen LogP contribution in [0.1, 0.15) is 57.4 Å². The quantitative estimate of drug-likeness (QED) is 0.892. The summed E-state index contributed by atoms with van der Waals surface area (Å²) in [5, 5.41) is 2.85. The van der Waals surface area contributed by atoms with Crippen LogP contribution in [-0.4, -0.2) is 35.1 Å². The molecule has 2 heterocycles. The summed E-state index contributed by atoms with van der Waals surface area (Å²) in [6.07, 6.45) is 2.98. The number of aryl methyl sites for hydroxylation is 1. The Kier molecular flexibility index (Phi) is 10.1. The van der Waals surface area contributed by atoms with Gasteiger partial charge in [-0.05, 0) is 6.42 Å². The zero-order chi connectivity index (χ0) is 16.3. The lowest BCUT2D eigenvalue weighted by atomic mass is 10.2. The van der Waals surface area contributed by atoms with Gasteiger partial charge in [0.2, 0.25) is 0 Å². The highest BCUT2D eigenvalue weighted by molar-refractivity contribution is 5.97. The molecule has 0 aromatic carbocycles. The minimum Gasteiger partial charge on any atom is -0.396 e. The minimum atomic E-state index is -0.255. The first kappa shape index (κ1) is 19.3. The molecule has 1 aliphatic heterocycles. The second-order valence-corrected chi connectivity index (χ2v) is 3.98. The molecule has 21 heavy (non-hydrogen) atoms. The fourth-order valence-corrected chi connectivity index (χ4v) is 1.68. The number of hydrogen-bond acceptors (Lipinski definition) is 5. The first-order valence-corrected chi connectivity index (χ1v) is 7.70. The number of nitrogens with zero attached hydrogens (tertiary/aromatic N) is 2. The Morgan fingerprint density at radius 2 is 2.10 bits per heavy atom. The van der Waals surface area contributed by atoms with Crippen molar-refractivity contribution in [3.05, 3.63) is 17.7 Å². The summed E-state index contributed by atoms with van der Waals surface area (Å²) >= 11 is 0. The molecule has 1 fully saturated rings. The molecule has 0 spiro atoms. The monoisotopic (exact) mass is 296 g/mol. The average Bonchev–Trinajstić information content (AvgIpc) is 3.04. The normalized spacial score (nSPS) is 16.1. The molecule has 0 radical (unpaired) electrons. The van der Waals surface area contributed by atoms with E-state index >= 15 is 0 Å². The fraction of sp³-hybridized carbons (Fsp3) is 0.667. The highest BCUT2D eigenvalue weighted by Gasteiger charge is 2.21. The Morgan fingerprint density at radius 3 is 2.62 bits per heavy atom. The molecule has 6 nitrogen and oxygen atoms in total. The second kappa shape index (κ2) is 11.0. The van der Waals surface area contributed by atoms with Crippen molar-refractivity contribution >= 4 is 11.6 Å². The number of nitrogen functional groups attached to an aromatic ring is 1. The largest absolute Gasteiger partial charge is 0.396 e. The van der Waals surface area contributed by atoms with Crippen LogP contribution >= 0.6 is 0 Å². The predicted molar refractivity (Wildman–Crippen MR) is 85.2 cm³/mol. The van der Waals surface area contributed by atoms with Gasteiger partial charge in [0.25, 0.3) is 5.91 Å². The number of carbonyl (C=O) groups is 1. The standard InChI is InChI=1S/C11H16N4O2.2C2H6/c1-2-9-13-5-8(12)10(15-9)11(16)14-7-3-4-17-6-7;2*1-2/h5,7H,2-4,6,12H2,1H3,(H,14,16);2*1-2H3. The van der Waals surface area contributed by atoms with E-state index in [1.165, 1.54) is 6.20 Å². The SMILES string of the molecule is CC.CC.CCc1ncc(N)c(C(=O)NC2CCOC2)n1. The van der Waals surface area contributed by atoms with Gasteiger partial charge in [-0.2, -0.15) is 0 Å². The Labute approximate surface area is 127 Å². The molecule has 1 atom stereocenters. The first-order valence-electron chi connectivity index (χ1n) is 7.70. The smallest absolute Gasteiger partial charge is 0.272 e. The van der Waals surface area contributed by atoms with Gasteiger partial charge in [0.05, 0.1) is 24.5 Å². The van der Waals surface area contributed by atoms with Crippen LogP contribution in [0.3, 0.4) is 0 Å². The third-order valence-corrected chi connectivity index (χ3v) is 2.66. The third-order valence-electron chi connectivity index (χ3n) is 2.66. The summed E-state index contributed by atoms with van der Waals surface area (Å²) in [5.74, 6) is 0.363. The van der Waals surface area contributed by atoms with E-state index in [1.54, 1.807) is 0 Å². The van der Waals surface area contributed by atoms with E-state index in [2.05, 4.69) is 15.3 Å². The Hall–Kier alpha value is -1.69. The Bertz CT molecular complexity index is 418. The summed E-state index contributed by atoms with van der Waals surface area (Å²) in [4.78, 5) is 20.1. The van der Waals surface area contributed by atoms with Crippen LogP contribution in [-0.2, 0) is 11.2 Å². The average molecular weight is 296 g/mol. The maximum Gasteiger partial charge on any atom is 0.272 e. The summed E-state index contributed by atoms with van der Waals surface area (Å²) in [6.45, 7) is 11.2. The zero-order valence-electron chi connectivity index (χ0n) is 13.8. The van der Waals surface area contributed by atoms with E-state index in [1.807, 2.05) is 34.6 Å². The van der Waals surface area contributed by atoms with Gasteiger partial charge in [-0.3, -0.25) is 4.79 Å². The summed E-state index contributed by atoms with van der Waals surface area (Å²) < 4.78 is 5.19. The lowest BCUT2D eigenvalue weighted by Gasteiger charge is -2.11. The molecule has 0 saturated carbocycles. The number of carbonyl (C=O) groups excluding carboxylic acids is 1. The maximum absolute atomic E-state index is 12.0. The van der Waals surface area contributed by atoms with Gasteiger partial charge in [0.15, 0.2) is 5.69 Å². The predicted octanol–water partition coefficient (Wildman–Crippen LogP) is 2.19. The van der Waals surface area contributed by atoms with Crippen LogP contribution < -0.4 is 11.1 Å². The molecule has 0 aliphatic carbocycles. The summed E-state index contributed by atoms with van der Waals surface area (Å²) in [5.41, 5.74) is 6.26. The Morgan fingerprint density at radius 1 is 1.43 bits per heavy atom. The molecule has 1 aromatic heterocycles. The number of amides is 1. The molecular formula is C15H28N4O2. The van der Waals surface area contributed by atoms with Crippen molar-refractivity contribution in [1.82, 2.24) is 15.3 Å². The molecule has 0 bridgehead atoms. The lowest BCUT2D eigenvalue weighted by Crippen LogP contribution is -2.36. The lowest BCUT2D eigenvalue weighted by molar-refractivity contribution is 0.0925. The molecule has 1 unspecified atom stereocenters. The van der Waals surface area contributed by atoms with E-state index in [4.69, 9.17) is 10.5 Å². The second-order valence-electron chi connectivity index (χ2n) is 3.98. The van der Waals surface area contributed by atoms with Crippen LogP contribution in [0, 0.1) is 0 Å². The van der Waals surface area contributed by atoms with E-state index in [0.29, 0.717) is 31.1 Å². The third kappa shape index (κ3) is 6.08. The highest BCUT2D eigenvalue weighted by atomic mass is 16.5. The Balaban J connectivity index is 0.000000921. The van der Waals surface area contributed by atoms with Crippen molar-refractivity contribution in [2.45, 2.75) is 53.5 Å². The number of hydrogen-bond donors (Lipinski definition) is 2. The van der Waals surface area contributed by atoms with Crippen LogP contribution in [0.25, 0.3) is 0 Å². The van der Waals surface area contributed by atoms with E-state index < -0.39 is 0 Å². The highest BCUT2D eigenvalue weighted by Crippen LogP contribution is 2.10. The van der Waals surface area contributed by atoms with E-state index in [-0.39, 0.29) is 17.6 Å². The van der Waals surface area contributed by atoms with Crippen molar-refractivity contribution in [2.75, 3.05) is 18.9 Å². The molecule has 6 heteroatoms. The van der Waals surface area contributed by atoms with Gasteiger partial charge in [0, 0.05) is 13.0 Å². The van der Waals surface area contributed by atoms with Gasteiger partial charge < -0.3 is 15.8 Å². The number of ether oxygens (including phenoxy) is 1.